The lowest BCUT2D eigenvalue weighted by Crippen LogP contribution is -2.22. The van der Waals surface area contributed by atoms with Crippen molar-refractivity contribution in [2.45, 2.75) is 6.61 Å². The largest absolute Gasteiger partial charge is 0.486 e. The van der Waals surface area contributed by atoms with Crippen molar-refractivity contribution in [1.82, 2.24) is 5.32 Å². The first kappa shape index (κ1) is 14.7. The maximum Gasteiger partial charge on any atom is 0.287 e. The zero-order chi connectivity index (χ0) is 16.1. The van der Waals surface area contributed by atoms with Crippen LogP contribution in [0.3, 0.4) is 0 Å². The van der Waals surface area contributed by atoms with Crippen molar-refractivity contribution < 1.29 is 13.9 Å². The molecule has 1 aromatic heterocycles. The van der Waals surface area contributed by atoms with Crippen LogP contribution in [0, 0.1) is 12.3 Å². The van der Waals surface area contributed by atoms with Crippen molar-refractivity contribution in [3.8, 4) is 18.1 Å². The monoisotopic (exact) mass is 305 g/mol. The normalized spacial score (nSPS) is 10.2. The molecule has 0 saturated carbocycles. The third kappa shape index (κ3) is 3.53. The smallest absolute Gasteiger partial charge is 0.287 e. The summed E-state index contributed by atoms with van der Waals surface area (Å²) in [6, 6.07) is 17.3. The number of hydrogen-bond acceptors (Lipinski definition) is 3. The van der Waals surface area contributed by atoms with Crippen molar-refractivity contribution in [1.29, 1.82) is 0 Å². The number of rotatable bonds is 5. The van der Waals surface area contributed by atoms with Gasteiger partial charge in [0.25, 0.3) is 5.91 Å². The molecule has 2 aromatic carbocycles. The van der Waals surface area contributed by atoms with Gasteiger partial charge in [0.15, 0.2) is 5.76 Å². The highest BCUT2D eigenvalue weighted by atomic mass is 16.5. The van der Waals surface area contributed by atoms with Gasteiger partial charge in [0, 0.05) is 0 Å². The van der Waals surface area contributed by atoms with Crippen molar-refractivity contribution in [3.63, 3.8) is 0 Å². The molecule has 0 radical (unpaired) electrons. The van der Waals surface area contributed by atoms with Crippen LogP contribution in [0.5, 0.6) is 5.75 Å². The van der Waals surface area contributed by atoms with E-state index in [0.717, 1.165) is 16.5 Å². The van der Waals surface area contributed by atoms with E-state index in [1.54, 1.807) is 12.1 Å². The molecule has 0 spiro atoms. The van der Waals surface area contributed by atoms with E-state index in [4.69, 9.17) is 15.6 Å². The molecule has 0 bridgehead atoms. The molecule has 0 unspecified atom stereocenters. The Labute approximate surface area is 134 Å². The second-order valence-electron chi connectivity index (χ2n) is 4.95. The number of fused-ring (bicyclic) bond motifs is 1. The van der Waals surface area contributed by atoms with Gasteiger partial charge in [0.2, 0.25) is 0 Å². The van der Waals surface area contributed by atoms with E-state index in [9.17, 15) is 4.79 Å². The first-order chi connectivity index (χ1) is 11.3. The molecular weight excluding hydrogens is 290 g/mol. The average molecular weight is 305 g/mol. The fourth-order valence-corrected chi connectivity index (χ4v) is 2.21. The van der Waals surface area contributed by atoms with Gasteiger partial charge in [-0.3, -0.25) is 4.79 Å². The SMILES string of the molecule is C#CCNC(=O)c1ccc(COc2ccc3ccccc3c2)o1. The van der Waals surface area contributed by atoms with Crippen LogP contribution in [-0.4, -0.2) is 12.5 Å². The summed E-state index contributed by atoms with van der Waals surface area (Å²) in [5, 5.41) is 4.81. The summed E-state index contributed by atoms with van der Waals surface area (Å²) in [6.45, 7) is 0.420. The van der Waals surface area contributed by atoms with Crippen LogP contribution >= 0.6 is 0 Å². The minimum absolute atomic E-state index is 0.169. The van der Waals surface area contributed by atoms with Crippen molar-refractivity contribution in [2.75, 3.05) is 6.54 Å². The van der Waals surface area contributed by atoms with Gasteiger partial charge in [-0.25, -0.2) is 0 Å². The van der Waals surface area contributed by atoms with E-state index >= 15 is 0 Å². The molecule has 0 fully saturated rings. The standard InChI is InChI=1S/C19H15NO3/c1-2-11-20-19(21)18-10-9-17(23-18)13-22-16-8-7-14-5-3-4-6-15(14)12-16/h1,3-10,12H,11,13H2,(H,20,21). The number of carbonyl (C=O) groups excluding carboxylic acids is 1. The lowest BCUT2D eigenvalue weighted by Gasteiger charge is -2.05. The lowest BCUT2D eigenvalue weighted by molar-refractivity contribution is 0.0927. The summed E-state index contributed by atoms with van der Waals surface area (Å²) >= 11 is 0. The first-order valence-electron chi connectivity index (χ1n) is 7.18. The van der Waals surface area contributed by atoms with E-state index in [-0.39, 0.29) is 24.8 Å². The van der Waals surface area contributed by atoms with Crippen LogP contribution < -0.4 is 10.1 Å². The predicted octanol–water partition coefficient (Wildman–Crippen LogP) is 3.37. The minimum Gasteiger partial charge on any atom is -0.486 e. The summed E-state index contributed by atoms with van der Waals surface area (Å²) in [5.41, 5.74) is 0. The summed E-state index contributed by atoms with van der Waals surface area (Å²) in [4.78, 5) is 11.7. The number of nitrogens with one attached hydrogen (secondary N) is 1. The van der Waals surface area contributed by atoms with E-state index in [0.29, 0.717) is 5.76 Å². The molecule has 1 amide bonds. The fourth-order valence-electron chi connectivity index (χ4n) is 2.21. The maximum atomic E-state index is 11.7. The summed E-state index contributed by atoms with van der Waals surface area (Å²) in [5.74, 6) is 3.55. The van der Waals surface area contributed by atoms with Crippen LogP contribution in [0.15, 0.2) is 59.0 Å². The molecule has 0 saturated heterocycles. The number of amides is 1. The lowest BCUT2D eigenvalue weighted by atomic mass is 10.1. The van der Waals surface area contributed by atoms with Crippen LogP contribution in [0.2, 0.25) is 0 Å². The van der Waals surface area contributed by atoms with Gasteiger partial charge in [-0.05, 0) is 35.0 Å². The molecule has 0 aliphatic heterocycles. The number of terminal acetylenes is 1. The summed E-state index contributed by atoms with van der Waals surface area (Å²) < 4.78 is 11.2. The molecule has 4 nitrogen and oxygen atoms in total. The van der Waals surface area contributed by atoms with Gasteiger partial charge in [-0.1, -0.05) is 36.3 Å². The number of benzene rings is 2. The Morgan fingerprint density at radius 2 is 1.96 bits per heavy atom. The van der Waals surface area contributed by atoms with Crippen LogP contribution in [0.25, 0.3) is 10.8 Å². The zero-order valence-corrected chi connectivity index (χ0v) is 12.4. The topological polar surface area (TPSA) is 51.5 Å². The minimum atomic E-state index is -0.333. The Balaban J connectivity index is 1.64. The molecule has 1 N–H and O–H groups in total. The molecule has 114 valence electrons. The van der Waals surface area contributed by atoms with Crippen molar-refractivity contribution >= 4 is 16.7 Å². The zero-order valence-electron chi connectivity index (χ0n) is 12.4. The van der Waals surface area contributed by atoms with Crippen LogP contribution in [0.1, 0.15) is 16.3 Å². The number of hydrogen-bond donors (Lipinski definition) is 1. The van der Waals surface area contributed by atoms with Crippen molar-refractivity contribution in [2.24, 2.45) is 0 Å². The van der Waals surface area contributed by atoms with Gasteiger partial charge < -0.3 is 14.5 Å². The second kappa shape index (κ2) is 6.71. The molecular formula is C19H15NO3. The van der Waals surface area contributed by atoms with Crippen molar-refractivity contribution in [3.05, 3.63) is 66.1 Å². The fraction of sp³-hybridized carbons (Fsp3) is 0.105. The second-order valence-corrected chi connectivity index (χ2v) is 4.95. The molecule has 1 heterocycles. The Bertz CT molecular complexity index is 873. The highest BCUT2D eigenvalue weighted by Gasteiger charge is 2.10. The Kier molecular flexibility index (Phi) is 4.30. The van der Waals surface area contributed by atoms with Gasteiger partial charge in [-0.2, -0.15) is 0 Å². The molecule has 3 aromatic rings. The van der Waals surface area contributed by atoms with E-state index in [1.165, 1.54) is 0 Å². The molecule has 0 atom stereocenters. The molecule has 3 rings (SSSR count). The van der Waals surface area contributed by atoms with Gasteiger partial charge >= 0.3 is 0 Å². The van der Waals surface area contributed by atoms with E-state index in [2.05, 4.69) is 11.2 Å². The van der Waals surface area contributed by atoms with Crippen LogP contribution in [-0.2, 0) is 6.61 Å². The highest BCUT2D eigenvalue weighted by molar-refractivity contribution is 5.91. The highest BCUT2D eigenvalue weighted by Crippen LogP contribution is 2.21. The molecule has 0 aliphatic carbocycles. The van der Waals surface area contributed by atoms with Gasteiger partial charge in [0.1, 0.15) is 18.1 Å². The molecule has 4 heteroatoms. The predicted molar refractivity (Wildman–Crippen MR) is 88.2 cm³/mol. The number of carbonyl (C=O) groups is 1. The summed E-state index contributed by atoms with van der Waals surface area (Å²) in [7, 11) is 0. The third-order valence-electron chi connectivity index (χ3n) is 3.34. The number of furan rings is 1. The van der Waals surface area contributed by atoms with Gasteiger partial charge in [0.05, 0.1) is 6.54 Å². The Hall–Kier alpha value is -3.19. The Morgan fingerprint density at radius 3 is 2.78 bits per heavy atom. The Morgan fingerprint density at radius 1 is 1.13 bits per heavy atom. The van der Waals surface area contributed by atoms with Crippen LogP contribution in [0.4, 0.5) is 0 Å². The van der Waals surface area contributed by atoms with E-state index in [1.807, 2.05) is 42.5 Å². The quantitative estimate of drug-likeness (QED) is 0.735. The third-order valence-corrected chi connectivity index (χ3v) is 3.34. The first-order valence-corrected chi connectivity index (χ1v) is 7.18. The summed E-state index contributed by atoms with van der Waals surface area (Å²) in [6.07, 6.45) is 5.10. The molecule has 23 heavy (non-hydrogen) atoms. The number of ether oxygens (including phenoxy) is 1. The molecule has 0 aliphatic rings. The maximum absolute atomic E-state index is 11.7. The average Bonchev–Trinajstić information content (AvgIpc) is 3.07. The van der Waals surface area contributed by atoms with E-state index < -0.39 is 0 Å². The van der Waals surface area contributed by atoms with Gasteiger partial charge in [-0.15, -0.1) is 6.42 Å².